The Morgan fingerprint density at radius 3 is 2.24 bits per heavy atom. The van der Waals surface area contributed by atoms with E-state index in [-0.39, 0.29) is 48.4 Å². The van der Waals surface area contributed by atoms with E-state index in [0.29, 0.717) is 41.0 Å². The number of nitrogens with zero attached hydrogens (tertiary/aromatic N) is 7. The summed E-state index contributed by atoms with van der Waals surface area (Å²) in [7, 11) is 1.48. The molecule has 0 amide bonds. The minimum absolute atomic E-state index is 0.0200. The van der Waals surface area contributed by atoms with E-state index in [0.717, 1.165) is 43.3 Å². The Morgan fingerprint density at radius 2 is 1.63 bits per heavy atom. The van der Waals surface area contributed by atoms with Crippen LogP contribution in [-0.4, -0.2) is 48.9 Å². The fourth-order valence-electron chi connectivity index (χ4n) is 7.24. The third-order valence-corrected chi connectivity index (χ3v) is 9.47. The van der Waals surface area contributed by atoms with E-state index >= 15 is 0 Å². The number of aryl methyl sites for hydroxylation is 1. The molecule has 4 aromatic rings. The smallest absolute Gasteiger partial charge is 0.416 e. The van der Waals surface area contributed by atoms with E-state index in [2.05, 4.69) is 20.3 Å². The van der Waals surface area contributed by atoms with E-state index in [9.17, 15) is 40.6 Å². The van der Waals surface area contributed by atoms with Crippen molar-refractivity contribution in [2.45, 2.75) is 76.4 Å². The largest absolute Gasteiger partial charge is 0.481 e. The first kappa shape index (κ1) is 34.4. The summed E-state index contributed by atoms with van der Waals surface area (Å²) in [6.45, 7) is 0.149. The van der Waals surface area contributed by atoms with Crippen molar-refractivity contribution in [2.24, 2.45) is 18.9 Å². The Balaban J connectivity index is 1.39. The molecule has 3 heterocycles. The summed E-state index contributed by atoms with van der Waals surface area (Å²) in [6.07, 6.45) is -4.96. The lowest BCUT2D eigenvalue weighted by Gasteiger charge is -2.38. The van der Waals surface area contributed by atoms with Crippen LogP contribution >= 0.6 is 0 Å². The van der Waals surface area contributed by atoms with Gasteiger partial charge < -0.3 is 14.9 Å². The number of alkyl halides is 6. The first-order valence-corrected chi connectivity index (χ1v) is 16.0. The molecular weight excluding hydrogens is 659 g/mol. The van der Waals surface area contributed by atoms with Gasteiger partial charge in [-0.05, 0) is 97.5 Å². The molecular formula is C33H34F7N7O2. The van der Waals surface area contributed by atoms with Gasteiger partial charge in [0.15, 0.2) is 0 Å². The molecule has 2 aliphatic rings. The summed E-state index contributed by atoms with van der Waals surface area (Å²) in [5, 5.41) is 21.9. The molecule has 1 aliphatic carbocycles. The third-order valence-electron chi connectivity index (χ3n) is 9.47. The lowest BCUT2D eigenvalue weighted by molar-refractivity contribution is -0.143. The summed E-state index contributed by atoms with van der Waals surface area (Å²) >= 11 is 0. The van der Waals surface area contributed by atoms with Gasteiger partial charge in [-0.2, -0.15) is 31.1 Å². The van der Waals surface area contributed by atoms with Crippen molar-refractivity contribution in [1.29, 1.82) is 0 Å². The number of anilines is 2. The van der Waals surface area contributed by atoms with Crippen LogP contribution in [0.1, 0.15) is 67.2 Å². The number of carbonyl (C=O) groups is 1. The summed E-state index contributed by atoms with van der Waals surface area (Å²) < 4.78 is 96.7. The van der Waals surface area contributed by atoms with Crippen LogP contribution in [0.15, 0.2) is 42.5 Å². The predicted octanol–water partition coefficient (Wildman–Crippen LogP) is 7.39. The van der Waals surface area contributed by atoms with Crippen LogP contribution in [0.2, 0.25) is 0 Å². The Morgan fingerprint density at radius 1 is 0.939 bits per heavy atom. The molecule has 0 spiro atoms. The summed E-state index contributed by atoms with van der Waals surface area (Å²) in [5.41, 5.74) is -2.13. The van der Waals surface area contributed by atoms with Crippen LogP contribution in [0.5, 0.6) is 0 Å². The number of halogens is 7. The zero-order chi connectivity index (χ0) is 35.1. The average Bonchev–Trinajstić information content (AvgIpc) is 3.69. The van der Waals surface area contributed by atoms with Gasteiger partial charge in [0.05, 0.1) is 23.7 Å². The van der Waals surface area contributed by atoms with E-state index in [1.54, 1.807) is 12.1 Å². The molecule has 49 heavy (non-hydrogen) atoms. The maximum absolute atomic E-state index is 14.4. The molecule has 2 fully saturated rings. The van der Waals surface area contributed by atoms with E-state index < -0.39 is 41.8 Å². The van der Waals surface area contributed by atoms with Crippen molar-refractivity contribution in [3.63, 3.8) is 0 Å². The Hall–Kier alpha value is -4.50. The number of carboxylic acids is 1. The van der Waals surface area contributed by atoms with Crippen LogP contribution in [0.3, 0.4) is 0 Å². The second-order valence-electron chi connectivity index (χ2n) is 12.9. The molecule has 0 unspecified atom stereocenters. The van der Waals surface area contributed by atoms with Gasteiger partial charge in [0.1, 0.15) is 11.6 Å². The van der Waals surface area contributed by atoms with Crippen LogP contribution < -0.4 is 9.80 Å². The van der Waals surface area contributed by atoms with Crippen molar-refractivity contribution >= 4 is 28.6 Å². The SMILES string of the molecule is Cn1nnc(N(Cc2cc(C(F)(F)F)cc(C(F)(F)F)c2)Cc2cc3ccc(F)cc3nc2N2CCC[C@@H]2C2CCC(CC(=O)O)CC2)n1. The number of hydrogen-bond acceptors (Lipinski definition) is 7. The van der Waals surface area contributed by atoms with Crippen LogP contribution in [0.4, 0.5) is 42.5 Å². The average molecular weight is 694 g/mol. The number of tetrazole rings is 1. The molecule has 16 heteroatoms. The molecule has 1 atom stereocenters. The number of fused-ring (bicyclic) bond motifs is 1. The van der Waals surface area contributed by atoms with Gasteiger partial charge in [0.2, 0.25) is 0 Å². The van der Waals surface area contributed by atoms with Gasteiger partial charge in [-0.15, -0.1) is 5.10 Å². The lowest BCUT2D eigenvalue weighted by Crippen LogP contribution is -2.39. The standard InChI is InChI=1S/C33H34F7N7O2/c1-45-43-31(42-44-45)46(17-20-11-24(32(35,36)37)15-25(12-20)33(38,39)40)18-23-14-22-8-9-26(34)16-27(22)41-30(23)47-10-2-3-28(47)21-6-4-19(5-7-21)13-29(48)49/h8-9,11-12,14-16,19,21,28H,2-7,10,13,17-18H2,1H3,(H,48,49)/t19?,21?,28-/m1/s1. The number of hydrogen-bond donors (Lipinski definition) is 1. The van der Waals surface area contributed by atoms with E-state index in [1.807, 2.05) is 0 Å². The normalized spacial score (nSPS) is 20.2. The Labute approximate surface area is 276 Å². The summed E-state index contributed by atoms with van der Waals surface area (Å²) in [4.78, 5) is 20.9. The molecule has 1 saturated heterocycles. The zero-order valence-electron chi connectivity index (χ0n) is 26.5. The highest BCUT2D eigenvalue weighted by atomic mass is 19.4. The number of aromatic nitrogens is 5. The first-order chi connectivity index (χ1) is 23.1. The van der Waals surface area contributed by atoms with Crippen molar-refractivity contribution < 1.29 is 40.6 Å². The molecule has 1 N–H and O–H groups in total. The highest BCUT2D eigenvalue weighted by molar-refractivity contribution is 5.82. The Kier molecular flexibility index (Phi) is 9.42. The minimum atomic E-state index is -5.02. The molecule has 9 nitrogen and oxygen atoms in total. The number of rotatable bonds is 9. The van der Waals surface area contributed by atoms with Gasteiger partial charge >= 0.3 is 18.3 Å². The number of aliphatic carboxylic acids is 1. The molecule has 1 aliphatic heterocycles. The highest BCUT2D eigenvalue weighted by Crippen LogP contribution is 2.41. The molecule has 2 aromatic heterocycles. The molecule has 1 saturated carbocycles. The predicted molar refractivity (Wildman–Crippen MR) is 165 cm³/mol. The quantitative estimate of drug-likeness (QED) is 0.181. The topological polar surface area (TPSA) is 100 Å². The summed E-state index contributed by atoms with van der Waals surface area (Å²) in [6, 6.07) is 7.46. The second kappa shape index (κ2) is 13.4. The second-order valence-corrected chi connectivity index (χ2v) is 12.9. The van der Waals surface area contributed by atoms with Crippen molar-refractivity contribution in [1.82, 2.24) is 25.2 Å². The van der Waals surface area contributed by atoms with E-state index in [4.69, 9.17) is 4.98 Å². The number of pyridine rings is 1. The van der Waals surface area contributed by atoms with Gasteiger partial charge in [-0.1, -0.05) is 5.10 Å². The fourth-order valence-corrected chi connectivity index (χ4v) is 7.24. The van der Waals surface area contributed by atoms with Gasteiger partial charge in [-0.3, -0.25) is 4.79 Å². The monoisotopic (exact) mass is 693 g/mol. The number of benzene rings is 2. The summed E-state index contributed by atoms with van der Waals surface area (Å²) in [5.74, 6) is -0.416. The van der Waals surface area contributed by atoms with Crippen molar-refractivity contribution in [2.75, 3.05) is 16.3 Å². The molecule has 6 rings (SSSR count). The van der Waals surface area contributed by atoms with Gasteiger partial charge in [0.25, 0.3) is 5.95 Å². The van der Waals surface area contributed by atoms with Crippen molar-refractivity contribution in [3.8, 4) is 0 Å². The van der Waals surface area contributed by atoms with Crippen molar-refractivity contribution in [3.05, 3.63) is 70.5 Å². The van der Waals surface area contributed by atoms with Crippen LogP contribution in [0, 0.1) is 17.7 Å². The highest BCUT2D eigenvalue weighted by Gasteiger charge is 2.38. The molecule has 2 aromatic carbocycles. The van der Waals surface area contributed by atoms with Gasteiger partial charge in [-0.25, -0.2) is 9.37 Å². The molecule has 0 bridgehead atoms. The third kappa shape index (κ3) is 7.88. The maximum atomic E-state index is 14.4. The molecule has 0 radical (unpaired) electrons. The zero-order valence-corrected chi connectivity index (χ0v) is 26.5. The first-order valence-electron chi connectivity index (χ1n) is 16.0. The Bertz CT molecular complexity index is 1790. The molecule has 262 valence electrons. The minimum Gasteiger partial charge on any atom is -0.481 e. The van der Waals surface area contributed by atoms with E-state index in [1.165, 1.54) is 24.1 Å². The fraction of sp³-hybridized carbons (Fsp3) is 0.485. The lowest BCUT2D eigenvalue weighted by atomic mass is 9.76. The van der Waals surface area contributed by atoms with Crippen LogP contribution in [-0.2, 0) is 37.3 Å². The maximum Gasteiger partial charge on any atom is 0.416 e. The van der Waals surface area contributed by atoms with Gasteiger partial charge in [0, 0.05) is 49.1 Å². The number of carboxylic acid groups (broad SMARTS) is 1. The van der Waals surface area contributed by atoms with Crippen LogP contribution in [0.25, 0.3) is 10.9 Å².